The minimum Gasteiger partial charge on any atom is -0.496 e. The number of ether oxygens (including phenoxy) is 1. The van der Waals surface area contributed by atoms with E-state index in [1.807, 2.05) is 18.2 Å². The number of aryl methyl sites for hydroxylation is 2. The highest BCUT2D eigenvalue weighted by atomic mass is 16.5. The fourth-order valence-electron chi connectivity index (χ4n) is 3.01. The lowest BCUT2D eigenvalue weighted by molar-refractivity contribution is 0.408. The maximum absolute atomic E-state index is 6.53. The molecule has 0 aliphatic heterocycles. The van der Waals surface area contributed by atoms with Gasteiger partial charge < -0.3 is 10.5 Å². The summed E-state index contributed by atoms with van der Waals surface area (Å²) in [5.41, 5.74) is 14.2. The summed E-state index contributed by atoms with van der Waals surface area (Å²) in [7, 11) is 1.71. The molecule has 2 N–H and O–H groups in total. The minimum absolute atomic E-state index is 0.0140. The second-order valence-corrected chi connectivity index (χ2v) is 5.80. The van der Waals surface area contributed by atoms with Crippen LogP contribution in [0, 0.1) is 27.7 Å². The molecule has 1 atom stereocenters. The third-order valence-electron chi connectivity index (χ3n) is 4.43. The van der Waals surface area contributed by atoms with Crippen LogP contribution in [-0.2, 0) is 6.42 Å². The highest BCUT2D eigenvalue weighted by molar-refractivity contribution is 5.46. The minimum atomic E-state index is -0.0140. The Morgan fingerprint density at radius 1 is 1.00 bits per heavy atom. The molecule has 112 valence electrons. The summed E-state index contributed by atoms with van der Waals surface area (Å²) in [4.78, 5) is 0. The van der Waals surface area contributed by atoms with Gasteiger partial charge in [-0.15, -0.1) is 0 Å². The molecule has 0 spiro atoms. The average Bonchev–Trinajstić information content (AvgIpc) is 2.46. The number of methoxy groups -OCH3 is 1. The van der Waals surface area contributed by atoms with Crippen molar-refractivity contribution in [1.29, 1.82) is 0 Å². The second kappa shape index (κ2) is 6.31. The van der Waals surface area contributed by atoms with Crippen molar-refractivity contribution in [3.63, 3.8) is 0 Å². The van der Waals surface area contributed by atoms with E-state index >= 15 is 0 Å². The average molecular weight is 283 g/mol. The van der Waals surface area contributed by atoms with Gasteiger partial charge in [0.15, 0.2) is 0 Å². The van der Waals surface area contributed by atoms with Gasteiger partial charge in [0.05, 0.1) is 7.11 Å². The first-order valence-electron chi connectivity index (χ1n) is 7.40. The first kappa shape index (κ1) is 15.6. The molecule has 0 saturated heterocycles. The molecular formula is C19H25NO. The fourth-order valence-corrected chi connectivity index (χ4v) is 3.01. The highest BCUT2D eigenvalue weighted by Crippen LogP contribution is 2.30. The van der Waals surface area contributed by atoms with Crippen LogP contribution >= 0.6 is 0 Å². The predicted molar refractivity (Wildman–Crippen MR) is 89.0 cm³/mol. The van der Waals surface area contributed by atoms with Crippen LogP contribution < -0.4 is 10.5 Å². The molecule has 0 saturated carbocycles. The van der Waals surface area contributed by atoms with Gasteiger partial charge in [-0.1, -0.05) is 24.3 Å². The van der Waals surface area contributed by atoms with Crippen LogP contribution in [0.5, 0.6) is 5.75 Å². The Morgan fingerprint density at radius 2 is 1.57 bits per heavy atom. The Hall–Kier alpha value is -1.80. The standard InChI is InChI=1S/C19H25NO/c1-12-10-13(2)15(4)19(14(12)3)17(20)11-16-8-6-7-9-18(16)21-5/h6-10,17H,11,20H2,1-5H3. The number of rotatable bonds is 4. The molecule has 0 amide bonds. The first-order valence-corrected chi connectivity index (χ1v) is 7.40. The summed E-state index contributed by atoms with van der Waals surface area (Å²) in [5, 5.41) is 0. The molecule has 2 nitrogen and oxygen atoms in total. The SMILES string of the molecule is COc1ccccc1CC(N)c1c(C)c(C)cc(C)c1C. The van der Waals surface area contributed by atoms with Gasteiger partial charge in [-0.05, 0) is 73.6 Å². The van der Waals surface area contributed by atoms with Crippen molar-refractivity contribution >= 4 is 0 Å². The van der Waals surface area contributed by atoms with Gasteiger partial charge in [-0.2, -0.15) is 0 Å². The Balaban J connectivity index is 2.39. The van der Waals surface area contributed by atoms with E-state index in [-0.39, 0.29) is 6.04 Å². The molecule has 0 aliphatic carbocycles. The molecule has 0 bridgehead atoms. The molecule has 21 heavy (non-hydrogen) atoms. The third kappa shape index (κ3) is 3.11. The third-order valence-corrected chi connectivity index (χ3v) is 4.43. The van der Waals surface area contributed by atoms with Crippen molar-refractivity contribution in [2.24, 2.45) is 5.73 Å². The Bertz CT molecular complexity index is 620. The maximum atomic E-state index is 6.53. The van der Waals surface area contributed by atoms with E-state index in [2.05, 4.69) is 39.8 Å². The van der Waals surface area contributed by atoms with E-state index in [9.17, 15) is 0 Å². The Morgan fingerprint density at radius 3 is 2.14 bits per heavy atom. The molecule has 2 aromatic rings. The van der Waals surface area contributed by atoms with Gasteiger partial charge in [0, 0.05) is 6.04 Å². The van der Waals surface area contributed by atoms with Crippen LogP contribution in [0.3, 0.4) is 0 Å². The van der Waals surface area contributed by atoms with Crippen molar-refractivity contribution < 1.29 is 4.74 Å². The van der Waals surface area contributed by atoms with Crippen molar-refractivity contribution in [2.45, 2.75) is 40.2 Å². The number of para-hydroxylation sites is 1. The monoisotopic (exact) mass is 283 g/mol. The molecule has 1 unspecified atom stereocenters. The lowest BCUT2D eigenvalue weighted by atomic mass is 9.87. The molecular weight excluding hydrogens is 258 g/mol. The maximum Gasteiger partial charge on any atom is 0.122 e. The van der Waals surface area contributed by atoms with Gasteiger partial charge >= 0.3 is 0 Å². The van der Waals surface area contributed by atoms with Crippen molar-refractivity contribution in [1.82, 2.24) is 0 Å². The van der Waals surface area contributed by atoms with Gasteiger partial charge in [0.2, 0.25) is 0 Å². The van der Waals surface area contributed by atoms with Gasteiger partial charge in [-0.25, -0.2) is 0 Å². The highest BCUT2D eigenvalue weighted by Gasteiger charge is 2.17. The molecule has 0 aromatic heterocycles. The number of hydrogen-bond donors (Lipinski definition) is 1. The molecule has 2 heteroatoms. The molecule has 0 aliphatic rings. The molecule has 0 radical (unpaired) electrons. The zero-order valence-corrected chi connectivity index (χ0v) is 13.7. The summed E-state index contributed by atoms with van der Waals surface area (Å²) in [6.45, 7) is 8.64. The van der Waals surface area contributed by atoms with Crippen LogP contribution in [0.15, 0.2) is 30.3 Å². The normalized spacial score (nSPS) is 12.3. The topological polar surface area (TPSA) is 35.2 Å². The number of benzene rings is 2. The number of nitrogens with two attached hydrogens (primary N) is 1. The zero-order chi connectivity index (χ0) is 15.6. The van der Waals surface area contributed by atoms with Crippen LogP contribution in [-0.4, -0.2) is 7.11 Å². The predicted octanol–water partition coefficient (Wildman–Crippen LogP) is 4.17. The number of hydrogen-bond acceptors (Lipinski definition) is 2. The van der Waals surface area contributed by atoms with Crippen molar-refractivity contribution in [3.8, 4) is 5.75 Å². The molecule has 2 rings (SSSR count). The van der Waals surface area contributed by atoms with E-state index in [4.69, 9.17) is 10.5 Å². The van der Waals surface area contributed by atoms with Crippen LogP contribution in [0.2, 0.25) is 0 Å². The second-order valence-electron chi connectivity index (χ2n) is 5.80. The quantitative estimate of drug-likeness (QED) is 0.914. The smallest absolute Gasteiger partial charge is 0.122 e. The zero-order valence-electron chi connectivity index (χ0n) is 13.7. The largest absolute Gasteiger partial charge is 0.496 e. The Kier molecular flexibility index (Phi) is 4.69. The first-order chi connectivity index (χ1) is 9.95. The van der Waals surface area contributed by atoms with Gasteiger partial charge in [-0.3, -0.25) is 0 Å². The van der Waals surface area contributed by atoms with Crippen molar-refractivity contribution in [2.75, 3.05) is 7.11 Å². The van der Waals surface area contributed by atoms with Gasteiger partial charge in [0.1, 0.15) is 5.75 Å². The lowest BCUT2D eigenvalue weighted by Gasteiger charge is -2.22. The summed E-state index contributed by atoms with van der Waals surface area (Å²) >= 11 is 0. The van der Waals surface area contributed by atoms with E-state index in [0.29, 0.717) is 0 Å². The van der Waals surface area contributed by atoms with E-state index < -0.39 is 0 Å². The Labute approximate surface area is 127 Å². The molecule has 2 aromatic carbocycles. The van der Waals surface area contributed by atoms with E-state index in [0.717, 1.165) is 17.7 Å². The van der Waals surface area contributed by atoms with E-state index in [1.165, 1.54) is 27.8 Å². The van der Waals surface area contributed by atoms with E-state index in [1.54, 1.807) is 7.11 Å². The summed E-state index contributed by atoms with van der Waals surface area (Å²) in [6, 6.07) is 10.3. The summed E-state index contributed by atoms with van der Waals surface area (Å²) in [6.07, 6.45) is 0.786. The summed E-state index contributed by atoms with van der Waals surface area (Å²) < 4.78 is 5.43. The lowest BCUT2D eigenvalue weighted by Crippen LogP contribution is -2.17. The fraction of sp³-hybridized carbons (Fsp3) is 0.368. The van der Waals surface area contributed by atoms with Crippen molar-refractivity contribution in [3.05, 3.63) is 63.7 Å². The van der Waals surface area contributed by atoms with Crippen LogP contribution in [0.4, 0.5) is 0 Å². The molecule has 0 heterocycles. The van der Waals surface area contributed by atoms with Crippen LogP contribution in [0.25, 0.3) is 0 Å². The van der Waals surface area contributed by atoms with Crippen LogP contribution in [0.1, 0.15) is 39.4 Å². The van der Waals surface area contributed by atoms with Gasteiger partial charge in [0.25, 0.3) is 0 Å². The molecule has 0 fully saturated rings. The summed E-state index contributed by atoms with van der Waals surface area (Å²) in [5.74, 6) is 0.910.